The summed E-state index contributed by atoms with van der Waals surface area (Å²) in [4.78, 5) is 22.2. The Morgan fingerprint density at radius 1 is 1.06 bits per heavy atom. The molecule has 0 saturated carbocycles. The van der Waals surface area contributed by atoms with Gasteiger partial charge in [-0.3, -0.25) is 9.78 Å². The van der Waals surface area contributed by atoms with E-state index in [1.807, 2.05) is 48.1 Å². The molecular formula is C26H23N5OS. The molecular weight excluding hydrogens is 430 g/mol. The molecule has 5 aromatic rings. The molecule has 33 heavy (non-hydrogen) atoms. The summed E-state index contributed by atoms with van der Waals surface area (Å²) < 4.78 is 1.76. The normalized spacial score (nSPS) is 11.1. The van der Waals surface area contributed by atoms with E-state index < -0.39 is 0 Å². The molecule has 6 nitrogen and oxygen atoms in total. The second-order valence-electron chi connectivity index (χ2n) is 7.86. The molecule has 1 amide bonds. The second kappa shape index (κ2) is 9.34. The lowest BCUT2D eigenvalue weighted by Crippen LogP contribution is -2.10. The molecule has 0 aliphatic heterocycles. The number of benzene rings is 1. The van der Waals surface area contributed by atoms with Crippen molar-refractivity contribution in [3.05, 3.63) is 89.3 Å². The summed E-state index contributed by atoms with van der Waals surface area (Å²) in [6, 6.07) is 13.9. The number of thiophene rings is 1. The van der Waals surface area contributed by atoms with E-state index in [9.17, 15) is 4.79 Å². The maximum Gasteiger partial charge on any atom is 0.265 e. The number of hydrogen-bond acceptors (Lipinski definition) is 5. The number of hydrogen-bond donors (Lipinski definition) is 1. The first kappa shape index (κ1) is 21.0. The SMILES string of the molecule is CCCCc1ccc(NC(=O)c2cc(-c3cnn4cc(-c5cccnc5)cnc34)cs2)cc1. The first-order valence-electron chi connectivity index (χ1n) is 10.9. The highest BCUT2D eigenvalue weighted by molar-refractivity contribution is 7.12. The van der Waals surface area contributed by atoms with Crippen LogP contribution < -0.4 is 5.32 Å². The third-order valence-electron chi connectivity index (χ3n) is 5.52. The molecule has 4 heterocycles. The summed E-state index contributed by atoms with van der Waals surface area (Å²) in [5.74, 6) is -0.115. The van der Waals surface area contributed by atoms with Crippen LogP contribution in [0.3, 0.4) is 0 Å². The first-order valence-corrected chi connectivity index (χ1v) is 11.8. The van der Waals surface area contributed by atoms with Gasteiger partial charge in [0.05, 0.1) is 11.1 Å². The van der Waals surface area contributed by atoms with Gasteiger partial charge in [-0.25, -0.2) is 9.50 Å². The van der Waals surface area contributed by atoms with Gasteiger partial charge in [0.1, 0.15) is 0 Å². The van der Waals surface area contributed by atoms with Crippen LogP contribution in [0.4, 0.5) is 5.69 Å². The Morgan fingerprint density at radius 2 is 1.94 bits per heavy atom. The van der Waals surface area contributed by atoms with Gasteiger partial charge in [-0.15, -0.1) is 11.3 Å². The summed E-state index contributed by atoms with van der Waals surface area (Å²) >= 11 is 1.41. The third kappa shape index (κ3) is 4.54. The summed E-state index contributed by atoms with van der Waals surface area (Å²) in [6.45, 7) is 2.19. The van der Waals surface area contributed by atoms with Gasteiger partial charge >= 0.3 is 0 Å². The maximum absolute atomic E-state index is 12.8. The van der Waals surface area contributed by atoms with Gasteiger partial charge < -0.3 is 5.32 Å². The van der Waals surface area contributed by atoms with Crippen LogP contribution in [0.2, 0.25) is 0 Å². The molecule has 0 radical (unpaired) electrons. The predicted molar refractivity (Wildman–Crippen MR) is 133 cm³/mol. The lowest BCUT2D eigenvalue weighted by molar-refractivity contribution is 0.103. The van der Waals surface area contributed by atoms with E-state index in [1.54, 1.807) is 23.1 Å². The number of aromatic nitrogens is 4. The topological polar surface area (TPSA) is 72.2 Å². The molecule has 1 aromatic carbocycles. The summed E-state index contributed by atoms with van der Waals surface area (Å²) in [5.41, 5.74) is 6.58. The van der Waals surface area contributed by atoms with Gasteiger partial charge in [-0.1, -0.05) is 31.5 Å². The highest BCUT2D eigenvalue weighted by Gasteiger charge is 2.15. The molecule has 1 N–H and O–H groups in total. The molecule has 0 atom stereocenters. The van der Waals surface area contributed by atoms with Crippen LogP contribution >= 0.6 is 11.3 Å². The zero-order valence-electron chi connectivity index (χ0n) is 18.2. The number of fused-ring (bicyclic) bond motifs is 1. The number of nitrogens with zero attached hydrogens (tertiary/aromatic N) is 4. The van der Waals surface area contributed by atoms with E-state index in [2.05, 4.69) is 39.4 Å². The van der Waals surface area contributed by atoms with Crippen molar-refractivity contribution in [3.8, 4) is 22.3 Å². The number of anilines is 1. The summed E-state index contributed by atoms with van der Waals surface area (Å²) in [5, 5.41) is 9.43. The van der Waals surface area contributed by atoms with Crippen molar-refractivity contribution >= 4 is 28.6 Å². The number of pyridine rings is 1. The number of carbonyl (C=O) groups excluding carboxylic acids is 1. The summed E-state index contributed by atoms with van der Waals surface area (Å²) in [7, 11) is 0. The van der Waals surface area contributed by atoms with Crippen LogP contribution in [0.1, 0.15) is 35.0 Å². The monoisotopic (exact) mass is 453 g/mol. The third-order valence-corrected chi connectivity index (χ3v) is 6.45. The zero-order valence-corrected chi connectivity index (χ0v) is 19.0. The van der Waals surface area contributed by atoms with Gasteiger partial charge in [-0.2, -0.15) is 5.10 Å². The number of amides is 1. The highest BCUT2D eigenvalue weighted by Crippen LogP contribution is 2.29. The highest BCUT2D eigenvalue weighted by atomic mass is 32.1. The van der Waals surface area contributed by atoms with Crippen LogP contribution in [0.25, 0.3) is 27.9 Å². The van der Waals surface area contributed by atoms with Crippen molar-refractivity contribution < 1.29 is 4.79 Å². The Bertz CT molecular complexity index is 1390. The number of aryl methyl sites for hydroxylation is 1. The number of carbonyl (C=O) groups is 1. The fourth-order valence-electron chi connectivity index (χ4n) is 3.69. The maximum atomic E-state index is 12.8. The number of unbranched alkanes of at least 4 members (excludes halogenated alkanes) is 1. The predicted octanol–water partition coefficient (Wildman–Crippen LogP) is 6.11. The smallest absolute Gasteiger partial charge is 0.265 e. The Morgan fingerprint density at radius 3 is 2.73 bits per heavy atom. The van der Waals surface area contributed by atoms with E-state index in [-0.39, 0.29) is 5.91 Å². The molecule has 7 heteroatoms. The van der Waals surface area contributed by atoms with Crippen molar-refractivity contribution in [2.75, 3.05) is 5.32 Å². The molecule has 0 aliphatic rings. The van der Waals surface area contributed by atoms with E-state index in [0.29, 0.717) is 4.88 Å². The van der Waals surface area contributed by atoms with Gasteiger partial charge in [0.25, 0.3) is 5.91 Å². The van der Waals surface area contributed by atoms with Gasteiger partial charge in [0, 0.05) is 47.2 Å². The van der Waals surface area contributed by atoms with Crippen molar-refractivity contribution in [3.63, 3.8) is 0 Å². The minimum absolute atomic E-state index is 0.115. The fourth-order valence-corrected chi connectivity index (χ4v) is 4.49. The van der Waals surface area contributed by atoms with Crippen LogP contribution in [-0.4, -0.2) is 25.5 Å². The van der Waals surface area contributed by atoms with Crippen molar-refractivity contribution in [2.45, 2.75) is 26.2 Å². The van der Waals surface area contributed by atoms with Gasteiger partial charge in [0.2, 0.25) is 0 Å². The Hall–Kier alpha value is -3.84. The lowest BCUT2D eigenvalue weighted by Gasteiger charge is -2.05. The van der Waals surface area contributed by atoms with Gasteiger partial charge in [0.15, 0.2) is 5.65 Å². The second-order valence-corrected chi connectivity index (χ2v) is 8.78. The molecule has 0 saturated heterocycles. The molecule has 4 aromatic heterocycles. The largest absolute Gasteiger partial charge is 0.321 e. The molecule has 0 aliphatic carbocycles. The minimum Gasteiger partial charge on any atom is -0.321 e. The van der Waals surface area contributed by atoms with Crippen molar-refractivity contribution in [1.29, 1.82) is 0 Å². The average Bonchev–Trinajstić information content (AvgIpc) is 3.51. The first-order chi connectivity index (χ1) is 16.2. The molecule has 164 valence electrons. The van der Waals surface area contributed by atoms with E-state index in [0.717, 1.165) is 40.0 Å². The zero-order chi connectivity index (χ0) is 22.6. The lowest BCUT2D eigenvalue weighted by atomic mass is 10.1. The Kier molecular flexibility index (Phi) is 5.95. The van der Waals surface area contributed by atoms with E-state index in [4.69, 9.17) is 0 Å². The van der Waals surface area contributed by atoms with Crippen LogP contribution in [0.5, 0.6) is 0 Å². The van der Waals surface area contributed by atoms with E-state index >= 15 is 0 Å². The average molecular weight is 454 g/mol. The summed E-state index contributed by atoms with van der Waals surface area (Å²) in [6.07, 6.45) is 12.5. The van der Waals surface area contributed by atoms with E-state index in [1.165, 1.54) is 29.7 Å². The van der Waals surface area contributed by atoms with Crippen molar-refractivity contribution in [1.82, 2.24) is 19.6 Å². The van der Waals surface area contributed by atoms with Crippen LogP contribution in [0, 0.1) is 0 Å². The number of nitrogens with one attached hydrogen (secondary N) is 1. The molecule has 0 spiro atoms. The van der Waals surface area contributed by atoms with Crippen LogP contribution in [0.15, 0.2) is 78.8 Å². The van der Waals surface area contributed by atoms with Crippen molar-refractivity contribution in [2.24, 2.45) is 0 Å². The quantitative estimate of drug-likeness (QED) is 0.322. The molecule has 0 fully saturated rings. The van der Waals surface area contributed by atoms with Crippen LogP contribution in [-0.2, 0) is 6.42 Å². The fraction of sp³-hybridized carbons (Fsp3) is 0.154. The minimum atomic E-state index is -0.115. The Labute approximate surface area is 196 Å². The van der Waals surface area contributed by atoms with Gasteiger partial charge in [-0.05, 0) is 53.6 Å². The molecule has 0 bridgehead atoms. The standard InChI is InChI=1S/C26H23N5OS/c1-2-3-5-18-7-9-22(10-8-18)30-26(32)24-12-20(17-33-24)23-15-29-31-16-21(14-28-25(23)31)19-6-4-11-27-13-19/h4,6-17H,2-3,5H2,1H3,(H,30,32). The number of rotatable bonds is 7. The molecule has 5 rings (SSSR count). The Balaban J connectivity index is 1.33. The molecule has 0 unspecified atom stereocenters.